The number of carbonyl (C=O) groups excluding carboxylic acids is 3. The number of rotatable bonds is 5. The van der Waals surface area contributed by atoms with Crippen LogP contribution in [-0.4, -0.2) is 28.8 Å². The molecule has 0 aliphatic rings. The summed E-state index contributed by atoms with van der Waals surface area (Å²) in [4.78, 5) is 36.3. The van der Waals surface area contributed by atoms with Gasteiger partial charge in [0.15, 0.2) is 11.6 Å². The first-order valence-corrected chi connectivity index (χ1v) is 7.82. The van der Waals surface area contributed by atoms with Gasteiger partial charge in [0.2, 0.25) is 0 Å². The highest BCUT2D eigenvalue weighted by Crippen LogP contribution is 2.27. The second kappa shape index (κ2) is 7.47. The molecule has 6 nitrogen and oxygen atoms in total. The lowest BCUT2D eigenvalue weighted by atomic mass is 10.1. The number of amides is 1. The van der Waals surface area contributed by atoms with Crippen LogP contribution in [0.1, 0.15) is 38.9 Å². The quantitative estimate of drug-likeness (QED) is 0.503. The molecular formula is C18H18F2N2O4. The molecule has 0 unspecified atom stereocenters. The Hall–Kier alpha value is -3.03. The van der Waals surface area contributed by atoms with E-state index in [4.69, 9.17) is 4.74 Å². The fraction of sp³-hybridized carbons (Fsp3) is 0.278. The van der Waals surface area contributed by atoms with Gasteiger partial charge in [-0.05, 0) is 39.0 Å². The number of ether oxygens (including phenoxy) is 1. The fourth-order valence-electron chi connectivity index (χ4n) is 2.60. The van der Waals surface area contributed by atoms with Crippen molar-refractivity contribution in [2.45, 2.75) is 20.8 Å². The van der Waals surface area contributed by atoms with E-state index in [1.165, 1.54) is 4.57 Å². The van der Waals surface area contributed by atoms with Crippen molar-refractivity contribution in [3.8, 4) is 0 Å². The van der Waals surface area contributed by atoms with Crippen LogP contribution in [0.2, 0.25) is 0 Å². The summed E-state index contributed by atoms with van der Waals surface area (Å²) in [6.45, 7) is 4.84. The molecule has 0 radical (unpaired) electrons. The third kappa shape index (κ3) is 3.49. The minimum absolute atomic E-state index is 0.0647. The minimum Gasteiger partial charge on any atom is -0.460 e. The maximum absolute atomic E-state index is 13.3. The first kappa shape index (κ1) is 19.3. The van der Waals surface area contributed by atoms with Gasteiger partial charge in [-0.2, -0.15) is 0 Å². The van der Waals surface area contributed by atoms with Crippen molar-refractivity contribution in [1.29, 1.82) is 0 Å². The van der Waals surface area contributed by atoms with E-state index in [9.17, 15) is 23.2 Å². The summed E-state index contributed by atoms with van der Waals surface area (Å²) in [5.41, 5.74) is 0.882. The molecule has 1 N–H and O–H groups in total. The van der Waals surface area contributed by atoms with E-state index >= 15 is 0 Å². The highest BCUT2D eigenvalue weighted by Gasteiger charge is 2.27. The summed E-state index contributed by atoms with van der Waals surface area (Å²) in [6.07, 6.45) is 0. The lowest BCUT2D eigenvalue weighted by molar-refractivity contribution is -0.137. The van der Waals surface area contributed by atoms with Crippen LogP contribution in [0.4, 0.5) is 14.6 Å². The van der Waals surface area contributed by atoms with E-state index < -0.39 is 29.3 Å². The normalized spacial score (nSPS) is 10.5. The Morgan fingerprint density at radius 1 is 1.15 bits per heavy atom. The number of esters is 1. The summed E-state index contributed by atoms with van der Waals surface area (Å²) >= 11 is 0. The molecule has 1 amide bonds. The lowest BCUT2D eigenvalue weighted by Crippen LogP contribution is -2.19. The van der Waals surface area contributed by atoms with Crippen molar-refractivity contribution in [3.63, 3.8) is 0 Å². The standard InChI is InChI=1S/C18H18F2N2O4/c1-5-26-18(25)15(23)14-9(2)16(22(4)10(14)3)21-17(24)11-6-7-12(19)13(20)8-11/h6-8H,5H2,1-4H3,(H,21,24). The Morgan fingerprint density at radius 2 is 1.81 bits per heavy atom. The number of ketones is 1. The number of halogens is 2. The Kier molecular flexibility index (Phi) is 5.54. The Bertz CT molecular complexity index is 903. The van der Waals surface area contributed by atoms with Gasteiger partial charge in [-0.15, -0.1) is 0 Å². The van der Waals surface area contributed by atoms with Gasteiger partial charge >= 0.3 is 5.97 Å². The molecular weight excluding hydrogens is 346 g/mol. The zero-order chi connectivity index (χ0) is 19.6. The predicted octanol–water partition coefficient (Wildman–Crippen LogP) is 2.92. The first-order valence-electron chi connectivity index (χ1n) is 7.82. The molecule has 0 atom stereocenters. The fourth-order valence-corrected chi connectivity index (χ4v) is 2.60. The van der Waals surface area contributed by atoms with Crippen molar-refractivity contribution >= 4 is 23.5 Å². The average molecular weight is 364 g/mol. The molecule has 0 bridgehead atoms. The van der Waals surface area contributed by atoms with E-state index in [1.54, 1.807) is 27.8 Å². The smallest absolute Gasteiger partial charge is 0.379 e. The Labute approximate surface area is 148 Å². The van der Waals surface area contributed by atoms with Crippen LogP contribution in [0.3, 0.4) is 0 Å². The highest BCUT2D eigenvalue weighted by molar-refractivity contribution is 6.41. The van der Waals surface area contributed by atoms with Crippen LogP contribution >= 0.6 is 0 Å². The summed E-state index contributed by atoms with van der Waals surface area (Å²) in [5.74, 6) is -4.41. The van der Waals surface area contributed by atoms with Crippen LogP contribution in [0.15, 0.2) is 18.2 Å². The molecule has 0 aliphatic carbocycles. The number of hydrogen-bond donors (Lipinski definition) is 1. The summed E-state index contributed by atoms with van der Waals surface area (Å²) < 4.78 is 32.6. The van der Waals surface area contributed by atoms with Gasteiger partial charge in [0.05, 0.1) is 12.2 Å². The zero-order valence-electron chi connectivity index (χ0n) is 14.8. The molecule has 0 saturated carbocycles. The summed E-state index contributed by atoms with van der Waals surface area (Å²) in [5, 5.41) is 2.56. The van der Waals surface area contributed by atoms with Gasteiger partial charge < -0.3 is 14.6 Å². The molecule has 0 saturated heterocycles. The van der Waals surface area contributed by atoms with Gasteiger partial charge in [-0.1, -0.05) is 0 Å². The molecule has 26 heavy (non-hydrogen) atoms. The summed E-state index contributed by atoms with van der Waals surface area (Å²) in [7, 11) is 1.60. The number of nitrogens with zero attached hydrogens (tertiary/aromatic N) is 1. The van der Waals surface area contributed by atoms with Crippen molar-refractivity contribution in [3.05, 3.63) is 52.2 Å². The van der Waals surface area contributed by atoms with E-state index in [0.29, 0.717) is 11.3 Å². The van der Waals surface area contributed by atoms with E-state index in [1.807, 2.05) is 0 Å². The molecule has 1 heterocycles. The van der Waals surface area contributed by atoms with Crippen LogP contribution in [0.25, 0.3) is 0 Å². The Balaban J connectivity index is 2.37. The molecule has 2 rings (SSSR count). The van der Waals surface area contributed by atoms with Crippen molar-refractivity contribution in [2.75, 3.05) is 11.9 Å². The van der Waals surface area contributed by atoms with E-state index in [0.717, 1.165) is 18.2 Å². The van der Waals surface area contributed by atoms with Crippen LogP contribution in [0, 0.1) is 25.5 Å². The lowest BCUT2D eigenvalue weighted by Gasteiger charge is -2.09. The monoisotopic (exact) mass is 364 g/mol. The first-order chi connectivity index (χ1) is 12.2. The summed E-state index contributed by atoms with van der Waals surface area (Å²) in [6, 6.07) is 2.77. The third-order valence-electron chi connectivity index (χ3n) is 4.03. The number of nitrogens with one attached hydrogen (secondary N) is 1. The number of hydrogen-bond acceptors (Lipinski definition) is 4. The topological polar surface area (TPSA) is 77.4 Å². The highest BCUT2D eigenvalue weighted by atomic mass is 19.2. The van der Waals surface area contributed by atoms with E-state index in [2.05, 4.69) is 5.32 Å². The van der Waals surface area contributed by atoms with Crippen molar-refractivity contribution in [2.24, 2.45) is 7.05 Å². The number of aromatic nitrogens is 1. The maximum atomic E-state index is 13.3. The molecule has 1 aromatic carbocycles. The second-order valence-corrected chi connectivity index (χ2v) is 5.63. The number of carbonyl (C=O) groups is 3. The van der Waals surface area contributed by atoms with Crippen LogP contribution in [0.5, 0.6) is 0 Å². The molecule has 1 aromatic heterocycles. The third-order valence-corrected chi connectivity index (χ3v) is 4.03. The van der Waals surface area contributed by atoms with Gasteiger partial charge in [-0.3, -0.25) is 9.59 Å². The predicted molar refractivity (Wildman–Crippen MR) is 90.2 cm³/mol. The van der Waals surface area contributed by atoms with E-state index in [-0.39, 0.29) is 23.6 Å². The van der Waals surface area contributed by atoms with Gasteiger partial charge in [-0.25, -0.2) is 13.6 Å². The van der Waals surface area contributed by atoms with Crippen molar-refractivity contribution in [1.82, 2.24) is 4.57 Å². The molecule has 2 aromatic rings. The molecule has 8 heteroatoms. The SMILES string of the molecule is CCOC(=O)C(=O)c1c(C)c(NC(=O)c2ccc(F)c(F)c2)n(C)c1C. The number of Topliss-reactive ketones (excluding diaryl/α,β-unsaturated/α-hetero) is 1. The maximum Gasteiger partial charge on any atom is 0.379 e. The number of anilines is 1. The minimum atomic E-state index is -1.14. The average Bonchev–Trinajstić information content (AvgIpc) is 2.80. The zero-order valence-corrected chi connectivity index (χ0v) is 14.8. The largest absolute Gasteiger partial charge is 0.460 e. The van der Waals surface area contributed by atoms with Gasteiger partial charge in [0, 0.05) is 23.9 Å². The van der Waals surface area contributed by atoms with Crippen molar-refractivity contribution < 1.29 is 27.9 Å². The molecule has 0 aliphatic heterocycles. The Morgan fingerprint density at radius 3 is 2.38 bits per heavy atom. The van der Waals surface area contributed by atoms with Gasteiger partial charge in [0.1, 0.15) is 5.82 Å². The molecule has 0 fully saturated rings. The van der Waals surface area contributed by atoms with Crippen LogP contribution in [-0.2, 0) is 16.6 Å². The molecule has 0 spiro atoms. The molecule has 138 valence electrons. The van der Waals surface area contributed by atoms with Crippen LogP contribution < -0.4 is 5.32 Å². The number of benzene rings is 1. The second-order valence-electron chi connectivity index (χ2n) is 5.63. The van der Waals surface area contributed by atoms with Gasteiger partial charge in [0.25, 0.3) is 11.7 Å².